The van der Waals surface area contributed by atoms with Crippen LogP contribution in [0.3, 0.4) is 0 Å². The third kappa shape index (κ3) is 5.59. The van der Waals surface area contributed by atoms with Gasteiger partial charge in [-0.1, -0.05) is 23.8 Å². The van der Waals surface area contributed by atoms with Gasteiger partial charge in [-0.25, -0.2) is 4.79 Å². The Morgan fingerprint density at radius 1 is 1.03 bits per heavy atom. The number of hydrogen-bond acceptors (Lipinski definition) is 4. The van der Waals surface area contributed by atoms with E-state index in [0.29, 0.717) is 25.1 Å². The number of carbonyl (C=O) groups is 2. The number of ether oxygens (including phenoxy) is 1. The predicted octanol–water partition coefficient (Wildman–Crippen LogP) is 4.13. The molecular formula is C24H30N2O3. The van der Waals surface area contributed by atoms with Crippen molar-refractivity contribution in [3.63, 3.8) is 0 Å². The fourth-order valence-electron chi connectivity index (χ4n) is 3.68. The van der Waals surface area contributed by atoms with Gasteiger partial charge in [-0.15, -0.1) is 0 Å². The van der Waals surface area contributed by atoms with E-state index in [1.54, 1.807) is 19.1 Å². The van der Waals surface area contributed by atoms with Gasteiger partial charge < -0.3 is 15.0 Å². The van der Waals surface area contributed by atoms with Crippen molar-refractivity contribution in [3.8, 4) is 0 Å². The molecule has 154 valence electrons. The van der Waals surface area contributed by atoms with Crippen molar-refractivity contribution in [2.75, 3.05) is 31.1 Å². The Hall–Kier alpha value is -2.82. The number of anilines is 1. The van der Waals surface area contributed by atoms with Gasteiger partial charge in [0.05, 0.1) is 17.7 Å². The first-order chi connectivity index (χ1) is 14.1. The maximum atomic E-state index is 12.9. The van der Waals surface area contributed by atoms with E-state index in [4.69, 9.17) is 4.74 Å². The number of rotatable bonds is 7. The monoisotopic (exact) mass is 394 g/mol. The molecule has 2 aromatic carbocycles. The predicted molar refractivity (Wildman–Crippen MR) is 116 cm³/mol. The van der Waals surface area contributed by atoms with E-state index in [2.05, 4.69) is 22.3 Å². The molecule has 0 aliphatic carbocycles. The summed E-state index contributed by atoms with van der Waals surface area (Å²) in [7, 11) is 0. The van der Waals surface area contributed by atoms with Crippen LogP contribution in [-0.2, 0) is 11.2 Å². The molecule has 1 saturated heterocycles. The molecule has 1 N–H and O–H groups in total. The van der Waals surface area contributed by atoms with E-state index in [1.165, 1.54) is 19.3 Å². The number of aryl methyl sites for hydroxylation is 1. The zero-order chi connectivity index (χ0) is 20.6. The number of carbonyl (C=O) groups excluding carboxylic acids is 2. The maximum Gasteiger partial charge on any atom is 0.338 e. The molecule has 5 heteroatoms. The van der Waals surface area contributed by atoms with Crippen LogP contribution in [0.4, 0.5) is 5.69 Å². The molecule has 0 bridgehead atoms. The van der Waals surface area contributed by atoms with Gasteiger partial charge in [0.2, 0.25) is 0 Å². The highest BCUT2D eigenvalue weighted by Crippen LogP contribution is 2.25. The Bertz CT molecular complexity index is 840. The van der Waals surface area contributed by atoms with Gasteiger partial charge in [0.15, 0.2) is 0 Å². The van der Waals surface area contributed by atoms with Crippen LogP contribution in [-0.4, -0.2) is 38.1 Å². The summed E-state index contributed by atoms with van der Waals surface area (Å²) in [5, 5.41) is 3.05. The van der Waals surface area contributed by atoms with Crippen molar-refractivity contribution in [1.82, 2.24) is 5.32 Å². The molecule has 0 atom stereocenters. The number of benzene rings is 2. The molecule has 0 unspecified atom stereocenters. The van der Waals surface area contributed by atoms with Gasteiger partial charge in [0.25, 0.3) is 5.91 Å². The molecule has 0 saturated carbocycles. The van der Waals surface area contributed by atoms with Crippen molar-refractivity contribution < 1.29 is 14.3 Å². The van der Waals surface area contributed by atoms with Crippen molar-refractivity contribution >= 4 is 17.6 Å². The largest absolute Gasteiger partial charge is 0.462 e. The summed E-state index contributed by atoms with van der Waals surface area (Å²) in [6.07, 6.45) is 4.33. The lowest BCUT2D eigenvalue weighted by atomic mass is 10.0. The van der Waals surface area contributed by atoms with Crippen molar-refractivity contribution in [3.05, 3.63) is 64.7 Å². The number of nitrogens with zero attached hydrogens (tertiary/aromatic N) is 1. The van der Waals surface area contributed by atoms with E-state index < -0.39 is 0 Å². The molecule has 5 nitrogen and oxygen atoms in total. The highest BCUT2D eigenvalue weighted by molar-refractivity contribution is 6.00. The van der Waals surface area contributed by atoms with Crippen LogP contribution < -0.4 is 10.2 Å². The molecule has 1 amide bonds. The Kier molecular flexibility index (Phi) is 7.28. The molecule has 0 radical (unpaired) electrons. The topological polar surface area (TPSA) is 58.6 Å². The average molecular weight is 395 g/mol. The van der Waals surface area contributed by atoms with Crippen LogP contribution in [0.15, 0.2) is 42.5 Å². The highest BCUT2D eigenvalue weighted by Gasteiger charge is 2.18. The smallest absolute Gasteiger partial charge is 0.338 e. The summed E-state index contributed by atoms with van der Waals surface area (Å²) in [4.78, 5) is 26.9. The molecule has 0 aromatic heterocycles. The van der Waals surface area contributed by atoms with Crippen molar-refractivity contribution in [2.45, 2.75) is 39.5 Å². The number of nitrogens with one attached hydrogen (secondary N) is 1. The van der Waals surface area contributed by atoms with Gasteiger partial charge >= 0.3 is 5.97 Å². The zero-order valence-electron chi connectivity index (χ0n) is 17.4. The van der Waals surface area contributed by atoms with E-state index in [-0.39, 0.29) is 11.9 Å². The fraction of sp³-hybridized carbons (Fsp3) is 0.417. The van der Waals surface area contributed by atoms with E-state index in [0.717, 1.165) is 35.5 Å². The SMILES string of the molecule is CCOC(=O)c1ccc(CCNC(=O)c2cc(C)ccc2N2CCCCC2)cc1. The lowest BCUT2D eigenvalue weighted by Crippen LogP contribution is -2.33. The Labute approximate surface area is 173 Å². The van der Waals surface area contributed by atoms with E-state index in [1.807, 2.05) is 25.1 Å². The van der Waals surface area contributed by atoms with E-state index in [9.17, 15) is 9.59 Å². The maximum absolute atomic E-state index is 12.9. The summed E-state index contributed by atoms with van der Waals surface area (Å²) >= 11 is 0. The Morgan fingerprint density at radius 3 is 2.45 bits per heavy atom. The van der Waals surface area contributed by atoms with Crippen LogP contribution in [0, 0.1) is 6.92 Å². The molecule has 29 heavy (non-hydrogen) atoms. The van der Waals surface area contributed by atoms with Gasteiger partial charge in [-0.05, 0) is 69.4 Å². The average Bonchev–Trinajstić information content (AvgIpc) is 2.75. The Balaban J connectivity index is 1.59. The molecule has 1 aliphatic heterocycles. The summed E-state index contributed by atoms with van der Waals surface area (Å²) in [5.74, 6) is -0.338. The number of esters is 1. The molecule has 3 rings (SSSR count). The van der Waals surface area contributed by atoms with Crippen molar-refractivity contribution in [1.29, 1.82) is 0 Å². The lowest BCUT2D eigenvalue weighted by Gasteiger charge is -2.30. The third-order valence-electron chi connectivity index (χ3n) is 5.26. The van der Waals surface area contributed by atoms with Gasteiger partial charge in [-0.3, -0.25) is 4.79 Å². The quantitative estimate of drug-likeness (QED) is 0.717. The second-order valence-corrected chi connectivity index (χ2v) is 7.49. The highest BCUT2D eigenvalue weighted by atomic mass is 16.5. The lowest BCUT2D eigenvalue weighted by molar-refractivity contribution is 0.0526. The second kappa shape index (κ2) is 10.1. The first kappa shape index (κ1) is 20.9. The van der Waals surface area contributed by atoms with Crippen LogP contribution in [0.25, 0.3) is 0 Å². The van der Waals surface area contributed by atoms with Crippen molar-refractivity contribution in [2.24, 2.45) is 0 Å². The summed E-state index contributed by atoms with van der Waals surface area (Å²) in [6.45, 7) is 6.74. The molecular weight excluding hydrogens is 364 g/mol. The van der Waals surface area contributed by atoms with Crippen LogP contribution in [0.2, 0.25) is 0 Å². The first-order valence-electron chi connectivity index (χ1n) is 10.5. The fourth-order valence-corrected chi connectivity index (χ4v) is 3.68. The van der Waals surface area contributed by atoms with Gasteiger partial charge in [0.1, 0.15) is 0 Å². The minimum atomic E-state index is -0.308. The minimum Gasteiger partial charge on any atom is -0.462 e. The number of amides is 1. The number of hydrogen-bond donors (Lipinski definition) is 1. The second-order valence-electron chi connectivity index (χ2n) is 7.49. The van der Waals surface area contributed by atoms with Crippen LogP contribution in [0.5, 0.6) is 0 Å². The number of piperidine rings is 1. The molecule has 1 aliphatic rings. The van der Waals surface area contributed by atoms with E-state index >= 15 is 0 Å². The van der Waals surface area contributed by atoms with Gasteiger partial charge in [0, 0.05) is 25.3 Å². The standard InChI is InChI=1S/C24H30N2O3/c1-3-29-24(28)20-10-8-19(9-11-20)13-14-25-23(27)21-17-18(2)7-12-22(21)26-15-5-4-6-16-26/h7-12,17H,3-6,13-16H2,1-2H3,(H,25,27). The summed E-state index contributed by atoms with van der Waals surface area (Å²) in [6, 6.07) is 13.5. The zero-order valence-corrected chi connectivity index (χ0v) is 17.4. The molecule has 1 fully saturated rings. The summed E-state index contributed by atoms with van der Waals surface area (Å²) in [5.41, 5.74) is 4.49. The van der Waals surface area contributed by atoms with Crippen LogP contribution in [0.1, 0.15) is 58.0 Å². The van der Waals surface area contributed by atoms with Crippen LogP contribution >= 0.6 is 0 Å². The minimum absolute atomic E-state index is 0.0302. The molecule has 0 spiro atoms. The molecule has 1 heterocycles. The summed E-state index contributed by atoms with van der Waals surface area (Å²) < 4.78 is 5.00. The Morgan fingerprint density at radius 2 is 1.76 bits per heavy atom. The molecule has 2 aromatic rings. The first-order valence-corrected chi connectivity index (χ1v) is 10.5. The normalized spacial score (nSPS) is 13.8. The van der Waals surface area contributed by atoms with Gasteiger partial charge in [-0.2, -0.15) is 0 Å². The third-order valence-corrected chi connectivity index (χ3v) is 5.26.